The van der Waals surface area contributed by atoms with E-state index < -0.39 is 71.2 Å². The molecule has 0 saturated carbocycles. The summed E-state index contributed by atoms with van der Waals surface area (Å²) in [5, 5.41) is 31.0. The fraction of sp³-hybridized carbons (Fsp3) is 0.811. The van der Waals surface area contributed by atoms with Crippen molar-refractivity contribution in [2.24, 2.45) is 0 Å². The van der Waals surface area contributed by atoms with Crippen molar-refractivity contribution in [1.82, 2.24) is 0 Å². The van der Waals surface area contributed by atoms with Crippen LogP contribution in [0.2, 0.25) is 0 Å². The number of rotatable bonds is 44. The van der Waals surface area contributed by atoms with Crippen molar-refractivity contribution >= 4 is 22.1 Å². The van der Waals surface area contributed by atoms with Gasteiger partial charge in [-0.3, -0.25) is 14.1 Å². The van der Waals surface area contributed by atoms with E-state index in [0.29, 0.717) is 19.3 Å². The van der Waals surface area contributed by atoms with Crippen LogP contribution in [-0.2, 0) is 38.7 Å². The first-order valence-electron chi connectivity index (χ1n) is 26.2. The zero-order chi connectivity index (χ0) is 48.4. The van der Waals surface area contributed by atoms with Crippen molar-refractivity contribution in [2.45, 2.75) is 256 Å². The molecule has 0 aromatic rings. The first kappa shape index (κ1) is 61.6. The molecular weight excluding hydrogens is 861 g/mol. The lowest BCUT2D eigenvalue weighted by atomic mass is 10.00. The zero-order valence-corrected chi connectivity index (χ0v) is 42.1. The lowest BCUT2D eigenvalue weighted by Crippen LogP contribution is -2.60. The summed E-state index contributed by atoms with van der Waals surface area (Å²) in [4.78, 5) is 25.5. The van der Waals surface area contributed by atoms with Crippen LogP contribution in [0.5, 0.6) is 0 Å². The molecule has 0 bridgehead atoms. The molecule has 66 heavy (non-hydrogen) atoms. The molecule has 0 aromatic heterocycles. The molecular formula is C53H94O12S. The Balaban J connectivity index is 2.38. The normalized spacial score (nSPS) is 19.8. The molecule has 13 heteroatoms. The van der Waals surface area contributed by atoms with Crippen molar-refractivity contribution in [3.05, 3.63) is 48.6 Å². The molecule has 0 amide bonds. The van der Waals surface area contributed by atoms with E-state index in [1.165, 1.54) is 128 Å². The second kappa shape index (κ2) is 42.7. The van der Waals surface area contributed by atoms with Crippen molar-refractivity contribution in [3.63, 3.8) is 0 Å². The van der Waals surface area contributed by atoms with E-state index in [0.717, 1.165) is 44.9 Å². The van der Waals surface area contributed by atoms with Crippen LogP contribution in [-0.4, -0.2) is 96.0 Å². The number of aliphatic hydroxyl groups is 3. The molecule has 1 heterocycles. The van der Waals surface area contributed by atoms with Crippen LogP contribution in [0.15, 0.2) is 48.6 Å². The first-order valence-corrected chi connectivity index (χ1v) is 27.8. The minimum atomic E-state index is -4.61. The minimum Gasteiger partial charge on any atom is -0.462 e. The number of carbonyl (C=O) groups excluding carboxylic acids is 2. The topological polar surface area (TPSA) is 186 Å². The second-order valence-electron chi connectivity index (χ2n) is 18.2. The highest BCUT2D eigenvalue weighted by Crippen LogP contribution is 2.24. The summed E-state index contributed by atoms with van der Waals surface area (Å²) in [6, 6.07) is 0. The molecule has 1 saturated heterocycles. The predicted octanol–water partition coefficient (Wildman–Crippen LogP) is 11.9. The lowest BCUT2D eigenvalue weighted by molar-refractivity contribution is -0.297. The molecule has 0 aliphatic carbocycles. The SMILES string of the molecule is CCCCC/C=C/C/C=C/C/C=C/CCCCC(=O)OC[C@H](CO[C@H]1O[C@H](CS(=O)(=O)O)[C@@H](O)C(O)C1O)OC(=O)CCC/C=C/CCCCCCCCCCCCCCCCCCCC. The summed E-state index contributed by atoms with van der Waals surface area (Å²) < 4.78 is 54.1. The van der Waals surface area contributed by atoms with Crippen molar-refractivity contribution in [1.29, 1.82) is 0 Å². The van der Waals surface area contributed by atoms with E-state index in [1.807, 2.05) is 0 Å². The maximum atomic E-state index is 12.9. The van der Waals surface area contributed by atoms with E-state index in [2.05, 4.69) is 62.5 Å². The zero-order valence-electron chi connectivity index (χ0n) is 41.3. The average Bonchev–Trinajstić information content (AvgIpc) is 3.28. The van der Waals surface area contributed by atoms with Gasteiger partial charge >= 0.3 is 11.9 Å². The Morgan fingerprint density at radius 3 is 1.44 bits per heavy atom. The van der Waals surface area contributed by atoms with Gasteiger partial charge in [0.15, 0.2) is 12.4 Å². The molecule has 0 radical (unpaired) electrons. The fourth-order valence-electron chi connectivity index (χ4n) is 7.81. The number of hydrogen-bond acceptors (Lipinski definition) is 11. The van der Waals surface area contributed by atoms with Gasteiger partial charge in [-0.2, -0.15) is 8.42 Å². The van der Waals surface area contributed by atoms with Crippen LogP contribution >= 0.6 is 0 Å². The van der Waals surface area contributed by atoms with Crippen molar-refractivity contribution in [3.8, 4) is 0 Å². The average molecular weight is 955 g/mol. The Labute approximate surface area is 401 Å². The van der Waals surface area contributed by atoms with Crippen molar-refractivity contribution in [2.75, 3.05) is 19.0 Å². The van der Waals surface area contributed by atoms with Crippen LogP contribution in [0.1, 0.15) is 219 Å². The lowest BCUT2D eigenvalue weighted by Gasteiger charge is -2.40. The highest BCUT2D eigenvalue weighted by Gasteiger charge is 2.46. The van der Waals surface area contributed by atoms with Crippen LogP contribution in [0.4, 0.5) is 0 Å². The molecule has 12 nitrogen and oxygen atoms in total. The standard InChI is InChI=1S/C53H94O12S/c1-3-5-7-9-11-13-15-17-19-20-21-22-23-24-25-26-28-30-32-34-36-38-40-42-49(55)64-46(44-63-53-52(58)51(57)50(56)47(65-53)45-66(59,60)61)43-62-48(54)41-39-37-35-33-31-29-27-18-16-14-12-10-8-6-4-2/h12,14,18,27,31,33-34,36,46-47,50-53,56-58H,3-11,13,15-17,19-26,28-30,32,35,37-45H2,1-2H3,(H,59,60,61)/b14-12+,27-18+,33-31+,36-34+/t46-,47-,50-,51?,52?,53+/m1/s1. The van der Waals surface area contributed by atoms with Gasteiger partial charge in [0.2, 0.25) is 0 Å². The van der Waals surface area contributed by atoms with Crippen molar-refractivity contribution < 1.29 is 56.8 Å². The number of aliphatic hydroxyl groups excluding tert-OH is 3. The molecule has 1 rings (SSSR count). The highest BCUT2D eigenvalue weighted by atomic mass is 32.2. The third-order valence-electron chi connectivity index (χ3n) is 11.9. The number of allylic oxidation sites excluding steroid dienone is 8. The molecule has 384 valence electrons. The van der Waals surface area contributed by atoms with Crippen LogP contribution < -0.4 is 0 Å². The first-order chi connectivity index (χ1) is 32.0. The summed E-state index contributed by atoms with van der Waals surface area (Å²) in [6.07, 6.45) is 43.2. The maximum Gasteiger partial charge on any atom is 0.306 e. The third-order valence-corrected chi connectivity index (χ3v) is 12.6. The molecule has 0 spiro atoms. The Hall–Kier alpha value is -2.39. The molecule has 1 aliphatic rings. The molecule has 1 aliphatic heterocycles. The maximum absolute atomic E-state index is 12.9. The predicted molar refractivity (Wildman–Crippen MR) is 266 cm³/mol. The van der Waals surface area contributed by atoms with Crippen LogP contribution in [0, 0.1) is 0 Å². The van der Waals surface area contributed by atoms with Crippen LogP contribution in [0.25, 0.3) is 0 Å². The summed E-state index contributed by atoms with van der Waals surface area (Å²) in [7, 11) is -4.61. The van der Waals surface area contributed by atoms with Gasteiger partial charge in [0.1, 0.15) is 36.8 Å². The number of ether oxygens (including phenoxy) is 4. The van der Waals surface area contributed by atoms with E-state index in [9.17, 15) is 37.9 Å². The Morgan fingerprint density at radius 2 is 0.924 bits per heavy atom. The highest BCUT2D eigenvalue weighted by molar-refractivity contribution is 7.85. The van der Waals surface area contributed by atoms with Gasteiger partial charge in [-0.25, -0.2) is 0 Å². The quantitative estimate of drug-likeness (QED) is 0.0196. The monoisotopic (exact) mass is 955 g/mol. The molecule has 6 atom stereocenters. The Bertz CT molecular complexity index is 1400. The Kier molecular flexibility index (Phi) is 39.9. The summed E-state index contributed by atoms with van der Waals surface area (Å²) in [6.45, 7) is 3.70. The smallest absolute Gasteiger partial charge is 0.306 e. The molecule has 1 fully saturated rings. The summed E-state index contributed by atoms with van der Waals surface area (Å²) in [5.41, 5.74) is 0. The summed E-state index contributed by atoms with van der Waals surface area (Å²) >= 11 is 0. The second-order valence-corrected chi connectivity index (χ2v) is 19.7. The number of esters is 2. The molecule has 4 N–H and O–H groups in total. The number of carbonyl (C=O) groups is 2. The largest absolute Gasteiger partial charge is 0.462 e. The number of hydrogen-bond donors (Lipinski definition) is 4. The van der Waals surface area contributed by atoms with Crippen LogP contribution in [0.3, 0.4) is 0 Å². The van der Waals surface area contributed by atoms with E-state index in [1.54, 1.807) is 0 Å². The van der Waals surface area contributed by atoms with E-state index in [4.69, 9.17) is 18.9 Å². The third kappa shape index (κ3) is 36.6. The summed E-state index contributed by atoms with van der Waals surface area (Å²) in [5.74, 6) is -2.07. The molecule has 0 aromatic carbocycles. The van der Waals surface area contributed by atoms with Gasteiger partial charge in [0.05, 0.1) is 6.61 Å². The van der Waals surface area contributed by atoms with Gasteiger partial charge < -0.3 is 34.3 Å². The van der Waals surface area contributed by atoms with Gasteiger partial charge in [-0.15, -0.1) is 0 Å². The van der Waals surface area contributed by atoms with Gasteiger partial charge in [0, 0.05) is 12.8 Å². The molecule has 2 unspecified atom stereocenters. The van der Waals surface area contributed by atoms with E-state index >= 15 is 0 Å². The van der Waals surface area contributed by atoms with Gasteiger partial charge in [0.25, 0.3) is 10.1 Å². The number of unbranched alkanes of at least 4 members (excludes halogenated alkanes) is 24. The fourth-order valence-corrected chi connectivity index (χ4v) is 8.50. The van der Waals surface area contributed by atoms with E-state index in [-0.39, 0.29) is 19.4 Å². The Morgan fingerprint density at radius 1 is 0.515 bits per heavy atom. The minimum absolute atomic E-state index is 0.108. The van der Waals surface area contributed by atoms with Gasteiger partial charge in [-0.05, 0) is 70.6 Å². The van der Waals surface area contributed by atoms with Gasteiger partial charge in [-0.1, -0.05) is 184 Å².